The van der Waals surface area contributed by atoms with Crippen LogP contribution >= 0.6 is 11.3 Å². The molecule has 0 saturated carbocycles. The lowest BCUT2D eigenvalue weighted by Crippen LogP contribution is -2.58. The van der Waals surface area contributed by atoms with Crippen LogP contribution in [-0.4, -0.2) is 42.4 Å². The number of aliphatic hydroxyl groups excluding tert-OH is 1. The van der Waals surface area contributed by atoms with Gasteiger partial charge in [-0.05, 0) is 6.42 Å². The maximum atomic E-state index is 9.57. The van der Waals surface area contributed by atoms with Gasteiger partial charge in [-0.25, -0.2) is 0 Å². The highest BCUT2D eigenvalue weighted by Crippen LogP contribution is 2.34. The fourth-order valence-electron chi connectivity index (χ4n) is 1.09. The van der Waals surface area contributed by atoms with Crippen molar-refractivity contribution in [3.05, 3.63) is 16.6 Å². The molecule has 0 aromatic carbocycles. The van der Waals surface area contributed by atoms with E-state index in [2.05, 4.69) is 4.98 Å². The molecule has 1 aromatic heterocycles. The van der Waals surface area contributed by atoms with Crippen LogP contribution in [0.25, 0.3) is 0 Å². The first-order chi connectivity index (χ1) is 6.84. The maximum absolute atomic E-state index is 9.57. The van der Waals surface area contributed by atoms with Crippen LogP contribution in [0.15, 0.2) is 11.7 Å². The summed E-state index contributed by atoms with van der Waals surface area (Å²) in [6.07, 6.45) is -0.613. The Morgan fingerprint density at radius 1 is 1.40 bits per heavy atom. The Hall–Kier alpha value is -0.570. The van der Waals surface area contributed by atoms with Gasteiger partial charge in [0.1, 0.15) is 6.10 Å². The van der Waals surface area contributed by atoms with Gasteiger partial charge in [0.05, 0.1) is 10.4 Å². The fourth-order valence-corrected chi connectivity index (χ4v) is 1.76. The van der Waals surface area contributed by atoms with Gasteiger partial charge in [0, 0.05) is 6.20 Å². The second-order valence-corrected chi connectivity index (χ2v) is 4.07. The zero-order valence-corrected chi connectivity index (χ0v) is 8.85. The van der Waals surface area contributed by atoms with Crippen molar-refractivity contribution in [2.45, 2.75) is 31.0 Å². The predicted molar refractivity (Wildman–Crippen MR) is 51.7 cm³/mol. The predicted octanol–water partition coefficient (Wildman–Crippen LogP) is -1.27. The third-order valence-corrected chi connectivity index (χ3v) is 3.01. The van der Waals surface area contributed by atoms with Crippen LogP contribution in [-0.2, 0) is 5.79 Å². The quantitative estimate of drug-likeness (QED) is 0.416. The molecular formula is C8H13NO5S. The molecule has 0 bridgehead atoms. The average molecular weight is 235 g/mol. The molecule has 0 spiro atoms. The highest BCUT2D eigenvalue weighted by atomic mass is 32.1. The van der Waals surface area contributed by atoms with E-state index in [0.29, 0.717) is 0 Å². The molecule has 5 N–H and O–H groups in total. The number of nitrogens with zero attached hydrogens (tertiary/aromatic N) is 1. The molecule has 1 rings (SSSR count). The van der Waals surface area contributed by atoms with Crippen molar-refractivity contribution in [2.75, 3.05) is 0 Å². The van der Waals surface area contributed by atoms with E-state index < -0.39 is 17.7 Å². The van der Waals surface area contributed by atoms with Gasteiger partial charge in [-0.1, -0.05) is 6.92 Å². The van der Waals surface area contributed by atoms with Crippen molar-refractivity contribution < 1.29 is 25.5 Å². The van der Waals surface area contributed by atoms with Crippen LogP contribution in [0.4, 0.5) is 0 Å². The summed E-state index contributed by atoms with van der Waals surface area (Å²) in [5.74, 6) is -5.97. The lowest BCUT2D eigenvalue weighted by Gasteiger charge is -2.36. The second kappa shape index (κ2) is 4.12. The van der Waals surface area contributed by atoms with Gasteiger partial charge in [0.25, 0.3) is 11.6 Å². The molecular weight excluding hydrogens is 222 g/mol. The van der Waals surface area contributed by atoms with E-state index in [-0.39, 0.29) is 11.3 Å². The number of hydrogen-bond acceptors (Lipinski definition) is 7. The third kappa shape index (κ3) is 2.03. The van der Waals surface area contributed by atoms with Crippen molar-refractivity contribution in [3.8, 4) is 0 Å². The SMILES string of the molecule is CCC(O)C(O)(O)C(O)(O)c1cncs1. The van der Waals surface area contributed by atoms with Crippen LogP contribution in [0.2, 0.25) is 0 Å². The lowest BCUT2D eigenvalue weighted by molar-refractivity contribution is -0.391. The normalized spacial score (nSPS) is 15.3. The molecule has 1 atom stereocenters. The first-order valence-electron chi connectivity index (χ1n) is 4.30. The summed E-state index contributed by atoms with van der Waals surface area (Å²) in [6, 6.07) is 0. The molecule has 0 aliphatic rings. The minimum Gasteiger partial charge on any atom is -0.387 e. The lowest BCUT2D eigenvalue weighted by atomic mass is 9.97. The summed E-state index contributed by atoms with van der Waals surface area (Å²) in [7, 11) is 0. The topological polar surface area (TPSA) is 114 Å². The summed E-state index contributed by atoms with van der Waals surface area (Å²) >= 11 is 0.842. The number of rotatable bonds is 4. The van der Waals surface area contributed by atoms with E-state index in [4.69, 9.17) is 0 Å². The summed E-state index contributed by atoms with van der Waals surface area (Å²) in [5, 5.41) is 47.4. The summed E-state index contributed by atoms with van der Waals surface area (Å²) in [4.78, 5) is 3.43. The van der Waals surface area contributed by atoms with Crippen LogP contribution < -0.4 is 0 Å². The van der Waals surface area contributed by atoms with Crippen molar-refractivity contribution in [3.63, 3.8) is 0 Å². The van der Waals surface area contributed by atoms with Gasteiger partial charge in [0.15, 0.2) is 0 Å². The van der Waals surface area contributed by atoms with Gasteiger partial charge < -0.3 is 25.5 Å². The van der Waals surface area contributed by atoms with E-state index in [1.807, 2.05) is 0 Å². The Morgan fingerprint density at radius 3 is 2.40 bits per heavy atom. The van der Waals surface area contributed by atoms with E-state index in [0.717, 1.165) is 17.5 Å². The molecule has 6 nitrogen and oxygen atoms in total. The number of aromatic nitrogens is 1. The molecule has 0 amide bonds. The molecule has 1 aromatic rings. The Kier molecular flexibility index (Phi) is 3.44. The van der Waals surface area contributed by atoms with Gasteiger partial charge >= 0.3 is 0 Å². The molecule has 0 radical (unpaired) electrons. The monoisotopic (exact) mass is 235 g/mol. The summed E-state index contributed by atoms with van der Waals surface area (Å²) in [6.45, 7) is 1.48. The molecule has 7 heteroatoms. The number of hydrogen-bond donors (Lipinski definition) is 5. The van der Waals surface area contributed by atoms with Crippen LogP contribution in [0.3, 0.4) is 0 Å². The van der Waals surface area contributed by atoms with E-state index in [1.165, 1.54) is 12.4 Å². The van der Waals surface area contributed by atoms with Gasteiger partial charge in [-0.15, -0.1) is 11.3 Å². The highest BCUT2D eigenvalue weighted by molar-refractivity contribution is 7.09. The Morgan fingerprint density at radius 2 is 2.00 bits per heavy atom. The average Bonchev–Trinajstić information content (AvgIpc) is 2.69. The minimum atomic E-state index is -3.03. The number of aliphatic hydroxyl groups is 5. The minimum absolute atomic E-state index is 0.0331. The molecule has 1 heterocycles. The van der Waals surface area contributed by atoms with Crippen LogP contribution in [0.1, 0.15) is 18.2 Å². The second-order valence-electron chi connectivity index (χ2n) is 3.19. The van der Waals surface area contributed by atoms with E-state index in [1.54, 1.807) is 0 Å². The molecule has 86 valence electrons. The molecule has 15 heavy (non-hydrogen) atoms. The fraction of sp³-hybridized carbons (Fsp3) is 0.625. The Balaban J connectivity index is 3.04. The zero-order chi connectivity index (χ0) is 11.7. The maximum Gasteiger partial charge on any atom is 0.259 e. The summed E-state index contributed by atoms with van der Waals surface area (Å²) < 4.78 is 0. The zero-order valence-electron chi connectivity index (χ0n) is 8.03. The summed E-state index contributed by atoms with van der Waals surface area (Å²) in [5.41, 5.74) is 1.31. The Labute approximate surface area is 90.1 Å². The highest BCUT2D eigenvalue weighted by Gasteiger charge is 2.54. The van der Waals surface area contributed by atoms with Crippen LogP contribution in [0, 0.1) is 0 Å². The smallest absolute Gasteiger partial charge is 0.259 e. The van der Waals surface area contributed by atoms with E-state index in [9.17, 15) is 25.5 Å². The molecule has 0 fully saturated rings. The van der Waals surface area contributed by atoms with Gasteiger partial charge in [-0.2, -0.15) is 0 Å². The Bertz CT molecular complexity index is 311. The van der Waals surface area contributed by atoms with Gasteiger partial charge in [0.2, 0.25) is 0 Å². The van der Waals surface area contributed by atoms with Crippen molar-refractivity contribution in [1.29, 1.82) is 0 Å². The van der Waals surface area contributed by atoms with Gasteiger partial charge in [-0.3, -0.25) is 4.98 Å². The first-order valence-corrected chi connectivity index (χ1v) is 5.18. The number of thiazole rings is 1. The van der Waals surface area contributed by atoms with Crippen LogP contribution in [0.5, 0.6) is 0 Å². The van der Waals surface area contributed by atoms with Crippen molar-refractivity contribution in [1.82, 2.24) is 4.98 Å². The molecule has 0 aliphatic carbocycles. The van der Waals surface area contributed by atoms with Crippen molar-refractivity contribution in [2.24, 2.45) is 0 Å². The van der Waals surface area contributed by atoms with Crippen molar-refractivity contribution >= 4 is 11.3 Å². The molecule has 0 aliphatic heterocycles. The largest absolute Gasteiger partial charge is 0.387 e. The first kappa shape index (κ1) is 12.5. The molecule has 1 unspecified atom stereocenters. The third-order valence-electron chi connectivity index (χ3n) is 2.14. The molecule has 0 saturated heterocycles. The standard InChI is InChI=1S/C8H13NO5S/c1-2-5(10)7(11,12)8(13,14)6-3-9-4-15-6/h3-5,10-14H,2H2,1H3. The van der Waals surface area contributed by atoms with E-state index >= 15 is 0 Å².